The van der Waals surface area contributed by atoms with Crippen molar-refractivity contribution in [3.05, 3.63) is 0 Å². The molecule has 0 aromatic rings. The van der Waals surface area contributed by atoms with Crippen molar-refractivity contribution in [2.45, 2.75) is 24.6 Å². The largest absolute Gasteiger partial charge is 0.431 e. The first-order chi connectivity index (χ1) is 5.04. The Kier molecular flexibility index (Phi) is 2.10. The van der Waals surface area contributed by atoms with E-state index in [2.05, 4.69) is 4.74 Å². The molecule has 11 heavy (non-hydrogen) atoms. The second-order valence-corrected chi connectivity index (χ2v) is 2.25. The van der Waals surface area contributed by atoms with Crippen LogP contribution in [-0.2, 0) is 9.53 Å². The maximum Gasteiger partial charge on any atom is 0.340 e. The average Bonchev–Trinajstić information content (AvgIpc) is 1.97. The number of hydrogen-bond acceptors (Lipinski definition) is 6. The fourth-order valence-electron chi connectivity index (χ4n) is 0.753. The van der Waals surface area contributed by atoms with E-state index in [4.69, 9.17) is 20.4 Å². The van der Waals surface area contributed by atoms with Crippen LogP contribution >= 0.6 is 0 Å². The lowest BCUT2D eigenvalue weighted by atomic mass is 10.1. The van der Waals surface area contributed by atoms with Crippen LogP contribution in [0.25, 0.3) is 0 Å². The van der Waals surface area contributed by atoms with Crippen LogP contribution in [-0.4, -0.2) is 51.0 Å². The zero-order valence-electron chi connectivity index (χ0n) is 5.41. The van der Waals surface area contributed by atoms with E-state index in [0.717, 1.165) is 0 Å². The highest BCUT2D eigenvalue weighted by Crippen LogP contribution is 2.14. The molecule has 1 saturated heterocycles. The minimum absolute atomic E-state index is 1.14. The molecule has 0 saturated carbocycles. The summed E-state index contributed by atoms with van der Waals surface area (Å²) in [4.78, 5) is 10.5. The minimum Gasteiger partial charge on any atom is -0.431 e. The molecule has 0 aliphatic carbocycles. The summed E-state index contributed by atoms with van der Waals surface area (Å²) in [6, 6.07) is 0. The summed E-state index contributed by atoms with van der Waals surface area (Å²) < 4.78 is 4.04. The van der Waals surface area contributed by atoms with Gasteiger partial charge in [0.25, 0.3) is 0 Å². The van der Waals surface area contributed by atoms with Crippen LogP contribution in [0.4, 0.5) is 0 Å². The molecule has 4 N–H and O–H groups in total. The Labute approximate surface area is 61.6 Å². The number of ether oxygens (including phenoxy) is 1. The van der Waals surface area contributed by atoms with E-state index < -0.39 is 30.6 Å². The first-order valence-corrected chi connectivity index (χ1v) is 2.97. The molecule has 0 aromatic heterocycles. The number of carbonyl (C=O) groups is 1. The SMILES string of the molecule is O=C1OC(O)[C@@H](O)[C@H](O)[C@H]1O. The molecule has 0 bridgehead atoms. The van der Waals surface area contributed by atoms with Gasteiger partial charge in [-0.3, -0.25) is 0 Å². The number of aliphatic hydroxyl groups excluding tert-OH is 4. The highest BCUT2D eigenvalue weighted by atomic mass is 16.7. The van der Waals surface area contributed by atoms with Crippen LogP contribution < -0.4 is 0 Å². The zero-order chi connectivity index (χ0) is 8.59. The number of carbonyl (C=O) groups excluding carboxylic acids is 1. The molecule has 0 amide bonds. The summed E-state index contributed by atoms with van der Waals surface area (Å²) in [5.74, 6) is -1.14. The maximum absolute atomic E-state index is 10.5. The Morgan fingerprint density at radius 3 is 2.18 bits per heavy atom. The van der Waals surface area contributed by atoms with Crippen molar-refractivity contribution in [1.82, 2.24) is 0 Å². The molecular weight excluding hydrogens is 156 g/mol. The molecule has 6 heteroatoms. The first-order valence-electron chi connectivity index (χ1n) is 2.97. The smallest absolute Gasteiger partial charge is 0.340 e. The van der Waals surface area contributed by atoms with Crippen LogP contribution in [0, 0.1) is 0 Å². The third-order valence-electron chi connectivity index (χ3n) is 1.44. The summed E-state index contributed by atoms with van der Waals surface area (Å²) in [6.07, 6.45) is -6.89. The molecular formula is C5H8O6. The Morgan fingerprint density at radius 1 is 1.09 bits per heavy atom. The van der Waals surface area contributed by atoms with Crippen molar-refractivity contribution < 1.29 is 30.0 Å². The van der Waals surface area contributed by atoms with E-state index in [0.29, 0.717) is 0 Å². The lowest BCUT2D eigenvalue weighted by molar-refractivity contribution is -0.241. The topological polar surface area (TPSA) is 107 Å². The molecule has 1 fully saturated rings. The van der Waals surface area contributed by atoms with Gasteiger partial charge in [0.15, 0.2) is 6.10 Å². The summed E-state index contributed by atoms with van der Waals surface area (Å²) in [5.41, 5.74) is 0. The summed E-state index contributed by atoms with van der Waals surface area (Å²) >= 11 is 0. The van der Waals surface area contributed by atoms with E-state index in [1.54, 1.807) is 0 Å². The molecule has 4 atom stereocenters. The van der Waals surface area contributed by atoms with E-state index in [-0.39, 0.29) is 0 Å². The molecule has 64 valence electrons. The quantitative estimate of drug-likeness (QED) is 0.283. The van der Waals surface area contributed by atoms with Gasteiger partial charge in [-0.15, -0.1) is 0 Å². The monoisotopic (exact) mass is 164 g/mol. The predicted molar refractivity (Wildman–Crippen MR) is 30.1 cm³/mol. The normalized spacial score (nSPS) is 45.3. The van der Waals surface area contributed by atoms with Gasteiger partial charge in [0, 0.05) is 0 Å². The number of esters is 1. The third-order valence-corrected chi connectivity index (χ3v) is 1.44. The van der Waals surface area contributed by atoms with Gasteiger partial charge in [-0.2, -0.15) is 0 Å². The van der Waals surface area contributed by atoms with Crippen molar-refractivity contribution in [1.29, 1.82) is 0 Å². The van der Waals surface area contributed by atoms with Crippen LogP contribution in [0.15, 0.2) is 0 Å². The molecule has 1 heterocycles. The predicted octanol–water partition coefficient (Wildman–Crippen LogP) is -3.06. The lowest BCUT2D eigenvalue weighted by Gasteiger charge is -2.30. The standard InChI is InChI=1S/C5H8O6/c6-1-2(7)4(9)11-5(10)3(1)8/h1-4,6-9H/t1-,2-,3+,4?/m0/s1. The maximum atomic E-state index is 10.5. The molecule has 1 aliphatic heterocycles. The van der Waals surface area contributed by atoms with Crippen molar-refractivity contribution in [3.8, 4) is 0 Å². The zero-order valence-corrected chi connectivity index (χ0v) is 5.41. The molecule has 1 rings (SSSR count). The number of rotatable bonds is 0. The minimum atomic E-state index is -1.78. The van der Waals surface area contributed by atoms with Gasteiger partial charge in [-0.25, -0.2) is 4.79 Å². The summed E-state index contributed by atoms with van der Waals surface area (Å²) in [5, 5.41) is 35.0. The Balaban J connectivity index is 2.70. The van der Waals surface area contributed by atoms with E-state index >= 15 is 0 Å². The van der Waals surface area contributed by atoms with Crippen molar-refractivity contribution in [2.24, 2.45) is 0 Å². The van der Waals surface area contributed by atoms with Crippen molar-refractivity contribution >= 4 is 5.97 Å². The lowest BCUT2D eigenvalue weighted by Crippen LogP contribution is -2.55. The fraction of sp³-hybridized carbons (Fsp3) is 0.800. The third kappa shape index (κ3) is 1.33. The summed E-state index contributed by atoms with van der Waals surface area (Å²) in [6.45, 7) is 0. The van der Waals surface area contributed by atoms with Crippen LogP contribution in [0.5, 0.6) is 0 Å². The van der Waals surface area contributed by atoms with Crippen molar-refractivity contribution in [3.63, 3.8) is 0 Å². The van der Waals surface area contributed by atoms with Crippen LogP contribution in [0.1, 0.15) is 0 Å². The molecule has 0 radical (unpaired) electrons. The summed E-state index contributed by atoms with van der Waals surface area (Å²) in [7, 11) is 0. The van der Waals surface area contributed by atoms with Crippen LogP contribution in [0.3, 0.4) is 0 Å². The Morgan fingerprint density at radius 2 is 1.64 bits per heavy atom. The van der Waals surface area contributed by atoms with Gasteiger partial charge in [-0.05, 0) is 0 Å². The highest BCUT2D eigenvalue weighted by molar-refractivity contribution is 5.76. The second kappa shape index (κ2) is 2.74. The van der Waals surface area contributed by atoms with Crippen molar-refractivity contribution in [2.75, 3.05) is 0 Å². The Bertz CT molecular complexity index is 168. The van der Waals surface area contributed by atoms with E-state index in [1.165, 1.54) is 0 Å². The molecule has 0 aromatic carbocycles. The second-order valence-electron chi connectivity index (χ2n) is 2.25. The van der Waals surface area contributed by atoms with E-state index in [1.807, 2.05) is 0 Å². The fourth-order valence-corrected chi connectivity index (χ4v) is 0.753. The Hall–Kier alpha value is -0.690. The molecule has 1 aliphatic rings. The number of hydrogen-bond donors (Lipinski definition) is 4. The first kappa shape index (κ1) is 8.41. The van der Waals surface area contributed by atoms with Gasteiger partial charge >= 0.3 is 5.97 Å². The van der Waals surface area contributed by atoms with E-state index in [9.17, 15) is 4.79 Å². The average molecular weight is 164 g/mol. The molecule has 6 nitrogen and oxygen atoms in total. The van der Waals surface area contributed by atoms with Gasteiger partial charge in [0.2, 0.25) is 6.29 Å². The molecule has 1 unspecified atom stereocenters. The van der Waals surface area contributed by atoms with Crippen LogP contribution in [0.2, 0.25) is 0 Å². The highest BCUT2D eigenvalue weighted by Gasteiger charge is 2.42. The van der Waals surface area contributed by atoms with Gasteiger partial charge in [0.1, 0.15) is 12.2 Å². The van der Waals surface area contributed by atoms with Gasteiger partial charge in [-0.1, -0.05) is 0 Å². The van der Waals surface area contributed by atoms with Gasteiger partial charge < -0.3 is 25.2 Å². The molecule has 0 spiro atoms. The number of cyclic esters (lactones) is 1. The number of aliphatic hydroxyl groups is 4. The van der Waals surface area contributed by atoms with Gasteiger partial charge in [0.05, 0.1) is 0 Å².